The molecule has 0 aliphatic heterocycles. The van der Waals surface area contributed by atoms with Crippen LogP contribution in [0, 0.1) is 0 Å². The fourth-order valence-electron chi connectivity index (χ4n) is 8.26. The summed E-state index contributed by atoms with van der Waals surface area (Å²) in [6, 6.07) is 89.2. The number of anilines is 5. The number of para-hydroxylation sites is 2. The monoisotopic (exact) mass is 766 g/mol. The van der Waals surface area contributed by atoms with Crippen LogP contribution in [0.3, 0.4) is 0 Å². The van der Waals surface area contributed by atoms with Crippen molar-refractivity contribution in [1.82, 2.24) is 0 Å². The van der Waals surface area contributed by atoms with Crippen LogP contribution in [0.1, 0.15) is 0 Å². The summed E-state index contributed by atoms with van der Waals surface area (Å²) in [4.78, 5) is 2.43. The molecule has 1 N–H and O–H groups in total. The van der Waals surface area contributed by atoms with Gasteiger partial charge in [0.1, 0.15) is 0 Å². The van der Waals surface area contributed by atoms with E-state index in [1.165, 1.54) is 38.6 Å². The van der Waals surface area contributed by atoms with Crippen LogP contribution in [0.25, 0.3) is 66.4 Å². The van der Waals surface area contributed by atoms with E-state index in [0.29, 0.717) is 0 Å². The molecule has 0 bridgehead atoms. The average Bonchev–Trinajstić information content (AvgIpc) is 3.33. The maximum Gasteiger partial charge on any atom is 0.0540 e. The Bertz CT molecular complexity index is 3050. The Morgan fingerprint density at radius 3 is 1.50 bits per heavy atom. The lowest BCUT2D eigenvalue weighted by Crippen LogP contribution is -2.12. The van der Waals surface area contributed by atoms with Gasteiger partial charge in [-0.2, -0.15) is 0 Å². The zero-order valence-corrected chi connectivity index (χ0v) is 33.1. The third-order valence-corrected chi connectivity index (χ3v) is 11.2. The first-order chi connectivity index (χ1) is 29.7. The van der Waals surface area contributed by atoms with Gasteiger partial charge in [-0.25, -0.2) is 0 Å². The third-order valence-electron chi connectivity index (χ3n) is 11.2. The molecule has 0 spiro atoms. The number of hydrogen-bond donors (Lipinski definition) is 1. The van der Waals surface area contributed by atoms with Crippen molar-refractivity contribution < 1.29 is 0 Å². The van der Waals surface area contributed by atoms with Gasteiger partial charge in [-0.1, -0.05) is 194 Å². The first-order valence-corrected chi connectivity index (χ1v) is 20.5. The minimum Gasteiger partial charge on any atom is -0.355 e. The van der Waals surface area contributed by atoms with Crippen LogP contribution >= 0.6 is 0 Å². The predicted molar refractivity (Wildman–Crippen MR) is 256 cm³/mol. The van der Waals surface area contributed by atoms with Crippen molar-refractivity contribution in [2.24, 2.45) is 0 Å². The normalized spacial score (nSPS) is 11.0. The Morgan fingerprint density at radius 1 is 0.267 bits per heavy atom. The number of hydrogen-bond acceptors (Lipinski definition) is 2. The van der Waals surface area contributed by atoms with E-state index in [9.17, 15) is 0 Å². The number of fused-ring (bicyclic) bond motifs is 1. The second-order valence-electron chi connectivity index (χ2n) is 15.0. The number of benzene rings is 10. The molecule has 0 saturated heterocycles. The van der Waals surface area contributed by atoms with Gasteiger partial charge in [-0.05, 0) is 104 Å². The van der Waals surface area contributed by atoms with E-state index in [-0.39, 0.29) is 0 Å². The zero-order chi connectivity index (χ0) is 40.1. The Kier molecular flexibility index (Phi) is 10.0. The van der Waals surface area contributed by atoms with Crippen LogP contribution in [0.15, 0.2) is 249 Å². The summed E-state index contributed by atoms with van der Waals surface area (Å²) in [6.45, 7) is 0. The summed E-state index contributed by atoms with van der Waals surface area (Å²) in [5, 5.41) is 6.22. The Labute approximate surface area is 352 Å². The van der Waals surface area contributed by atoms with Crippen molar-refractivity contribution in [1.29, 1.82) is 0 Å². The van der Waals surface area contributed by atoms with Crippen molar-refractivity contribution in [3.8, 4) is 55.6 Å². The smallest absolute Gasteiger partial charge is 0.0540 e. The van der Waals surface area contributed by atoms with Crippen LogP contribution in [0.2, 0.25) is 0 Å². The van der Waals surface area contributed by atoms with Crippen LogP contribution in [-0.2, 0) is 0 Å². The molecule has 0 aliphatic rings. The van der Waals surface area contributed by atoms with E-state index in [1.807, 2.05) is 0 Å². The van der Waals surface area contributed by atoms with E-state index < -0.39 is 0 Å². The average molecular weight is 767 g/mol. The highest BCUT2D eigenvalue weighted by atomic mass is 15.1. The Balaban J connectivity index is 1.09. The van der Waals surface area contributed by atoms with E-state index >= 15 is 0 Å². The summed E-state index contributed by atoms with van der Waals surface area (Å²) >= 11 is 0. The Morgan fingerprint density at radius 2 is 0.767 bits per heavy atom. The lowest BCUT2D eigenvalue weighted by Gasteiger charge is -2.30. The van der Waals surface area contributed by atoms with Crippen molar-refractivity contribution in [2.45, 2.75) is 0 Å². The van der Waals surface area contributed by atoms with E-state index in [2.05, 4.69) is 259 Å². The highest BCUT2D eigenvalue weighted by Gasteiger charge is 2.21. The second-order valence-corrected chi connectivity index (χ2v) is 15.0. The molecular formula is C58H42N2. The fraction of sp³-hybridized carbons (Fsp3) is 0. The van der Waals surface area contributed by atoms with Gasteiger partial charge in [0.25, 0.3) is 0 Å². The summed E-state index contributed by atoms with van der Waals surface area (Å²) in [5.41, 5.74) is 17.0. The molecule has 0 atom stereocenters. The van der Waals surface area contributed by atoms with Crippen LogP contribution in [0.5, 0.6) is 0 Å². The summed E-state index contributed by atoms with van der Waals surface area (Å²) in [6.07, 6.45) is 0. The number of nitrogens with one attached hydrogen (secondary N) is 1. The quantitative estimate of drug-likeness (QED) is 0.149. The molecule has 0 aromatic heterocycles. The van der Waals surface area contributed by atoms with Gasteiger partial charge in [0, 0.05) is 33.8 Å². The second kappa shape index (κ2) is 16.5. The van der Waals surface area contributed by atoms with Crippen molar-refractivity contribution in [3.63, 3.8) is 0 Å². The first-order valence-electron chi connectivity index (χ1n) is 20.5. The summed E-state index contributed by atoms with van der Waals surface area (Å²) in [5.74, 6) is 0. The molecule has 10 aromatic rings. The van der Waals surface area contributed by atoms with Crippen LogP contribution in [0.4, 0.5) is 28.4 Å². The molecule has 2 nitrogen and oxygen atoms in total. The summed E-state index contributed by atoms with van der Waals surface area (Å²) in [7, 11) is 0. The molecule has 0 saturated carbocycles. The van der Waals surface area contributed by atoms with E-state index in [4.69, 9.17) is 0 Å². The third kappa shape index (κ3) is 7.46. The van der Waals surface area contributed by atoms with Crippen LogP contribution in [-0.4, -0.2) is 0 Å². The molecule has 2 heteroatoms. The molecule has 10 aromatic carbocycles. The van der Waals surface area contributed by atoms with E-state index in [0.717, 1.165) is 56.3 Å². The summed E-state index contributed by atoms with van der Waals surface area (Å²) < 4.78 is 0. The largest absolute Gasteiger partial charge is 0.355 e. The van der Waals surface area contributed by atoms with Crippen LogP contribution < -0.4 is 10.2 Å². The van der Waals surface area contributed by atoms with E-state index in [1.54, 1.807) is 0 Å². The molecule has 284 valence electrons. The zero-order valence-electron chi connectivity index (χ0n) is 33.1. The van der Waals surface area contributed by atoms with Gasteiger partial charge >= 0.3 is 0 Å². The van der Waals surface area contributed by atoms with Crippen molar-refractivity contribution >= 4 is 39.2 Å². The van der Waals surface area contributed by atoms with Gasteiger partial charge in [0.05, 0.1) is 11.4 Å². The van der Waals surface area contributed by atoms with Gasteiger partial charge in [-0.15, -0.1) is 0 Å². The molecule has 0 aliphatic carbocycles. The van der Waals surface area contributed by atoms with Crippen molar-refractivity contribution in [2.75, 3.05) is 10.2 Å². The molecule has 0 fully saturated rings. The van der Waals surface area contributed by atoms with Gasteiger partial charge < -0.3 is 10.2 Å². The maximum atomic E-state index is 3.74. The molecule has 0 heterocycles. The first kappa shape index (κ1) is 36.4. The number of rotatable bonds is 10. The lowest BCUT2D eigenvalue weighted by molar-refractivity contribution is 1.28. The molecular weight excluding hydrogens is 725 g/mol. The minimum atomic E-state index is 1.03. The molecule has 0 unspecified atom stereocenters. The van der Waals surface area contributed by atoms with Gasteiger partial charge in [0.2, 0.25) is 0 Å². The highest BCUT2D eigenvalue weighted by molar-refractivity contribution is 5.96. The fourth-order valence-corrected chi connectivity index (χ4v) is 8.26. The molecule has 0 amide bonds. The topological polar surface area (TPSA) is 15.3 Å². The molecule has 0 radical (unpaired) electrons. The van der Waals surface area contributed by atoms with Gasteiger partial charge in [0.15, 0.2) is 0 Å². The highest BCUT2D eigenvalue weighted by Crippen LogP contribution is 2.46. The van der Waals surface area contributed by atoms with Crippen molar-refractivity contribution in [3.05, 3.63) is 249 Å². The lowest BCUT2D eigenvalue weighted by atomic mass is 9.94. The minimum absolute atomic E-state index is 1.03. The van der Waals surface area contributed by atoms with Gasteiger partial charge in [-0.3, -0.25) is 0 Å². The SMILES string of the molecule is c1ccc(-c2ccccc2Nc2cccc(-c3ccc(N(c4ccc(-c5ccc6ccccc6c5)cc4)c4ccccc4-c4ccccc4)c(-c4ccccc4)c3)c2)cc1. The predicted octanol–water partition coefficient (Wildman–Crippen LogP) is 16.4. The molecule has 10 rings (SSSR count). The molecule has 60 heavy (non-hydrogen) atoms. The maximum absolute atomic E-state index is 3.74. The number of nitrogens with zero attached hydrogens (tertiary/aromatic N) is 1. The standard InChI is InChI=1S/C58H42N2/c1-4-18-44(19-5-1)53-27-12-14-29-56(53)59-51-26-16-25-48(40-51)50-35-38-58(55(41-50)46-22-8-3-9-23-46)60(57-30-15-13-28-54(57)45-20-6-2-7-21-45)52-36-33-43(34-37-52)49-32-31-42-17-10-11-24-47(42)39-49/h1-41,59H. The Hall–Kier alpha value is -7.94.